The number of pyridine rings is 1. The average Bonchev–Trinajstić information content (AvgIpc) is 3.10. The van der Waals surface area contributed by atoms with E-state index in [2.05, 4.69) is 26.8 Å². The Bertz CT molecular complexity index is 1430. The normalized spacial score (nSPS) is 17.2. The molecule has 6 nitrogen and oxygen atoms in total. The molecule has 2 N–H and O–H groups in total. The number of hydrogen-bond acceptors (Lipinski definition) is 6. The average molecular weight is 487 g/mol. The number of aryl methyl sites for hydroxylation is 1. The van der Waals surface area contributed by atoms with Gasteiger partial charge in [0.2, 0.25) is 0 Å². The van der Waals surface area contributed by atoms with Crippen LogP contribution in [0, 0.1) is 6.92 Å². The number of aromatic nitrogens is 1. The summed E-state index contributed by atoms with van der Waals surface area (Å²) >= 11 is 7.36. The molecule has 1 atom stereocenters. The highest BCUT2D eigenvalue weighted by Crippen LogP contribution is 2.37. The zero-order chi connectivity index (χ0) is 22.5. The zero-order valence-electron chi connectivity index (χ0n) is 17.7. The standard InChI is InChI=1S/C23H23ClN4O2S2/c1-14-13-28(10-9-25-14)21-7-8-26-20-5-4-17(12-19(20)21)27-32(29,30)23-15(2)18-11-16(24)3-6-22(18)31-23/h3-8,11-12,14,25,27H,9-10,13H2,1-2H3/t14-/m1/s1. The molecule has 1 aliphatic rings. The Hall–Kier alpha value is -2.39. The lowest BCUT2D eigenvalue weighted by Gasteiger charge is -2.34. The number of fused-ring (bicyclic) bond motifs is 2. The van der Waals surface area contributed by atoms with Crippen LogP contribution in [0.5, 0.6) is 0 Å². The predicted molar refractivity (Wildman–Crippen MR) is 134 cm³/mol. The van der Waals surface area contributed by atoms with E-state index in [0.29, 0.717) is 26.5 Å². The number of anilines is 2. The number of nitrogens with zero attached hydrogens (tertiary/aromatic N) is 2. The summed E-state index contributed by atoms with van der Waals surface area (Å²) in [5.74, 6) is 0. The van der Waals surface area contributed by atoms with Crippen LogP contribution in [0.3, 0.4) is 0 Å². The van der Waals surface area contributed by atoms with Crippen molar-refractivity contribution >= 4 is 65.3 Å². The van der Waals surface area contributed by atoms with Crippen LogP contribution in [0.25, 0.3) is 21.0 Å². The Balaban J connectivity index is 1.53. The number of piperazine rings is 1. The Labute approximate surface area is 196 Å². The van der Waals surface area contributed by atoms with Gasteiger partial charge in [0.1, 0.15) is 4.21 Å². The van der Waals surface area contributed by atoms with Crippen LogP contribution in [0.1, 0.15) is 12.5 Å². The first-order chi connectivity index (χ1) is 15.3. The highest BCUT2D eigenvalue weighted by atomic mass is 35.5. The second-order valence-electron chi connectivity index (χ2n) is 8.12. The molecule has 32 heavy (non-hydrogen) atoms. The maximum absolute atomic E-state index is 13.3. The summed E-state index contributed by atoms with van der Waals surface area (Å²) in [6.45, 7) is 6.67. The van der Waals surface area contributed by atoms with Gasteiger partial charge in [-0.2, -0.15) is 0 Å². The Morgan fingerprint density at radius 3 is 2.84 bits per heavy atom. The van der Waals surface area contributed by atoms with Crippen molar-refractivity contribution in [3.05, 3.63) is 59.2 Å². The first kappa shape index (κ1) is 21.5. The van der Waals surface area contributed by atoms with E-state index in [1.807, 2.05) is 37.3 Å². The lowest BCUT2D eigenvalue weighted by molar-refractivity contribution is 0.485. The second kappa shape index (κ2) is 8.19. The summed E-state index contributed by atoms with van der Waals surface area (Å²) in [6.07, 6.45) is 1.81. The van der Waals surface area contributed by atoms with Crippen molar-refractivity contribution in [3.63, 3.8) is 0 Å². The van der Waals surface area contributed by atoms with Crippen LogP contribution in [0.2, 0.25) is 5.02 Å². The van der Waals surface area contributed by atoms with E-state index in [1.165, 1.54) is 11.3 Å². The zero-order valence-corrected chi connectivity index (χ0v) is 20.1. The number of sulfonamides is 1. The molecule has 4 aromatic rings. The molecule has 166 valence electrons. The molecule has 0 aliphatic carbocycles. The van der Waals surface area contributed by atoms with E-state index in [4.69, 9.17) is 11.6 Å². The highest BCUT2D eigenvalue weighted by molar-refractivity contribution is 7.94. The summed E-state index contributed by atoms with van der Waals surface area (Å²) in [4.78, 5) is 6.80. The molecule has 0 bridgehead atoms. The first-order valence-corrected chi connectivity index (χ1v) is 13.1. The monoisotopic (exact) mass is 486 g/mol. The van der Waals surface area contributed by atoms with E-state index in [-0.39, 0.29) is 0 Å². The lowest BCUT2D eigenvalue weighted by Crippen LogP contribution is -2.49. The molecule has 3 heterocycles. The number of thiophene rings is 1. The molecule has 2 aromatic carbocycles. The van der Waals surface area contributed by atoms with Gasteiger partial charge < -0.3 is 10.2 Å². The number of halogens is 1. The molecule has 5 rings (SSSR count). The van der Waals surface area contributed by atoms with Gasteiger partial charge >= 0.3 is 0 Å². The largest absolute Gasteiger partial charge is 0.368 e. The third kappa shape index (κ3) is 3.92. The maximum atomic E-state index is 13.3. The van der Waals surface area contributed by atoms with Gasteiger partial charge in [-0.15, -0.1) is 11.3 Å². The number of hydrogen-bond donors (Lipinski definition) is 2. The molecule has 1 fully saturated rings. The SMILES string of the molecule is Cc1c(S(=O)(=O)Nc2ccc3nccc(N4CCN[C@H](C)C4)c3c2)sc2ccc(Cl)cc12. The Morgan fingerprint density at radius 2 is 2.03 bits per heavy atom. The Kier molecular flexibility index (Phi) is 5.49. The molecular formula is C23H23ClN4O2S2. The van der Waals surface area contributed by atoms with Gasteiger partial charge in [-0.3, -0.25) is 9.71 Å². The molecule has 0 saturated carbocycles. The molecule has 0 radical (unpaired) electrons. The van der Waals surface area contributed by atoms with Gasteiger partial charge in [0.15, 0.2) is 0 Å². The van der Waals surface area contributed by atoms with E-state index in [0.717, 1.165) is 46.3 Å². The molecule has 9 heteroatoms. The molecule has 1 saturated heterocycles. The topological polar surface area (TPSA) is 74.3 Å². The molecule has 2 aromatic heterocycles. The van der Waals surface area contributed by atoms with Crippen LogP contribution < -0.4 is 14.9 Å². The van der Waals surface area contributed by atoms with Crippen molar-refractivity contribution in [2.45, 2.75) is 24.1 Å². The molecule has 0 unspecified atom stereocenters. The minimum Gasteiger partial charge on any atom is -0.368 e. The first-order valence-electron chi connectivity index (χ1n) is 10.4. The van der Waals surface area contributed by atoms with Crippen LogP contribution in [-0.4, -0.2) is 39.1 Å². The van der Waals surface area contributed by atoms with Gasteiger partial charge in [-0.25, -0.2) is 8.42 Å². The fraction of sp³-hybridized carbons (Fsp3) is 0.261. The van der Waals surface area contributed by atoms with E-state index in [9.17, 15) is 8.42 Å². The smallest absolute Gasteiger partial charge is 0.271 e. The van der Waals surface area contributed by atoms with Crippen molar-refractivity contribution in [2.75, 3.05) is 29.3 Å². The number of benzene rings is 2. The van der Waals surface area contributed by atoms with Gasteiger partial charge in [-0.1, -0.05) is 11.6 Å². The highest BCUT2D eigenvalue weighted by Gasteiger charge is 2.23. The van der Waals surface area contributed by atoms with Gasteiger partial charge in [-0.05, 0) is 67.3 Å². The molecule has 0 amide bonds. The molecular weight excluding hydrogens is 464 g/mol. The van der Waals surface area contributed by atoms with Crippen molar-refractivity contribution in [3.8, 4) is 0 Å². The minimum absolute atomic E-state index is 0.303. The summed E-state index contributed by atoms with van der Waals surface area (Å²) in [7, 11) is -3.75. The van der Waals surface area contributed by atoms with Crippen molar-refractivity contribution < 1.29 is 8.42 Å². The number of nitrogens with one attached hydrogen (secondary N) is 2. The summed E-state index contributed by atoms with van der Waals surface area (Å²) in [5.41, 5.74) is 3.13. The minimum atomic E-state index is -3.75. The molecule has 1 aliphatic heterocycles. The quantitative estimate of drug-likeness (QED) is 0.424. The van der Waals surface area contributed by atoms with Gasteiger partial charge in [0, 0.05) is 58.4 Å². The predicted octanol–water partition coefficient (Wildman–Crippen LogP) is 5.01. The van der Waals surface area contributed by atoms with Crippen molar-refractivity contribution in [2.24, 2.45) is 0 Å². The number of rotatable bonds is 4. The fourth-order valence-corrected chi connectivity index (χ4v) is 7.22. The van der Waals surface area contributed by atoms with E-state index < -0.39 is 10.0 Å². The fourth-order valence-electron chi connectivity index (χ4n) is 4.25. The van der Waals surface area contributed by atoms with Gasteiger partial charge in [0.25, 0.3) is 10.0 Å². The van der Waals surface area contributed by atoms with Crippen molar-refractivity contribution in [1.29, 1.82) is 0 Å². The third-order valence-corrected chi connectivity index (χ3v) is 9.29. The Morgan fingerprint density at radius 1 is 1.19 bits per heavy atom. The molecule has 0 spiro atoms. The summed E-state index contributed by atoms with van der Waals surface area (Å²) in [5, 5.41) is 5.84. The van der Waals surface area contributed by atoms with Crippen LogP contribution in [0.4, 0.5) is 11.4 Å². The van der Waals surface area contributed by atoms with E-state index in [1.54, 1.807) is 18.3 Å². The van der Waals surface area contributed by atoms with Crippen molar-refractivity contribution in [1.82, 2.24) is 10.3 Å². The third-order valence-electron chi connectivity index (χ3n) is 5.78. The summed E-state index contributed by atoms with van der Waals surface area (Å²) < 4.78 is 30.5. The summed E-state index contributed by atoms with van der Waals surface area (Å²) in [6, 6.07) is 13.3. The van der Waals surface area contributed by atoms with Crippen LogP contribution in [-0.2, 0) is 10.0 Å². The van der Waals surface area contributed by atoms with Gasteiger partial charge in [0.05, 0.1) is 5.52 Å². The lowest BCUT2D eigenvalue weighted by atomic mass is 10.1. The maximum Gasteiger partial charge on any atom is 0.271 e. The van der Waals surface area contributed by atoms with Crippen LogP contribution >= 0.6 is 22.9 Å². The van der Waals surface area contributed by atoms with Crippen LogP contribution in [0.15, 0.2) is 52.9 Å². The second-order valence-corrected chi connectivity index (χ2v) is 11.5. The van der Waals surface area contributed by atoms with E-state index >= 15 is 0 Å².